The van der Waals surface area contributed by atoms with Gasteiger partial charge in [-0.1, -0.05) is 29.8 Å². The summed E-state index contributed by atoms with van der Waals surface area (Å²) >= 11 is 0. The van der Waals surface area contributed by atoms with E-state index in [-0.39, 0.29) is 10.6 Å². The van der Waals surface area contributed by atoms with Crippen LogP contribution in [-0.4, -0.2) is 4.92 Å². The van der Waals surface area contributed by atoms with E-state index in [4.69, 9.17) is 0 Å². The van der Waals surface area contributed by atoms with Gasteiger partial charge in [0.2, 0.25) is 0 Å². The summed E-state index contributed by atoms with van der Waals surface area (Å²) < 4.78 is 0. The first kappa shape index (κ1) is 9.65. The van der Waals surface area contributed by atoms with Crippen molar-refractivity contribution in [2.75, 3.05) is 0 Å². The average Bonchev–Trinajstić information content (AvgIpc) is 2.17. The summed E-state index contributed by atoms with van der Waals surface area (Å²) in [6.07, 6.45) is 0. The SMILES string of the molecule is Cc1ccc2c([N+](=O)[O-])c(C)ccc2c1. The van der Waals surface area contributed by atoms with Crippen LogP contribution in [0.5, 0.6) is 0 Å². The lowest BCUT2D eigenvalue weighted by Gasteiger charge is -2.03. The molecule has 0 bridgehead atoms. The van der Waals surface area contributed by atoms with Crippen molar-refractivity contribution in [2.45, 2.75) is 13.8 Å². The summed E-state index contributed by atoms with van der Waals surface area (Å²) in [5, 5.41) is 12.6. The van der Waals surface area contributed by atoms with E-state index in [0.29, 0.717) is 10.9 Å². The van der Waals surface area contributed by atoms with Crippen LogP contribution in [0.2, 0.25) is 0 Å². The van der Waals surface area contributed by atoms with Crippen LogP contribution in [0.1, 0.15) is 11.1 Å². The zero-order valence-corrected chi connectivity index (χ0v) is 8.65. The summed E-state index contributed by atoms with van der Waals surface area (Å²) in [4.78, 5) is 10.6. The van der Waals surface area contributed by atoms with Crippen molar-refractivity contribution in [1.29, 1.82) is 0 Å². The van der Waals surface area contributed by atoms with E-state index in [9.17, 15) is 10.1 Å². The molecule has 15 heavy (non-hydrogen) atoms. The van der Waals surface area contributed by atoms with Gasteiger partial charge in [-0.3, -0.25) is 10.1 Å². The molecular formula is C12H11NO2. The predicted molar refractivity (Wildman–Crippen MR) is 60.1 cm³/mol. The Morgan fingerprint density at radius 3 is 2.53 bits per heavy atom. The third-order valence-electron chi connectivity index (χ3n) is 2.53. The molecule has 0 N–H and O–H groups in total. The van der Waals surface area contributed by atoms with Crippen molar-refractivity contribution in [2.24, 2.45) is 0 Å². The number of hydrogen-bond donors (Lipinski definition) is 0. The molecule has 0 saturated carbocycles. The Balaban J connectivity index is 2.88. The number of hydrogen-bond acceptors (Lipinski definition) is 2. The van der Waals surface area contributed by atoms with E-state index in [2.05, 4.69) is 0 Å². The summed E-state index contributed by atoms with van der Waals surface area (Å²) in [6.45, 7) is 3.74. The van der Waals surface area contributed by atoms with E-state index >= 15 is 0 Å². The number of rotatable bonds is 1. The van der Waals surface area contributed by atoms with Crippen molar-refractivity contribution in [1.82, 2.24) is 0 Å². The maximum Gasteiger partial charge on any atom is 0.280 e. The number of aryl methyl sites for hydroxylation is 2. The van der Waals surface area contributed by atoms with E-state index in [1.165, 1.54) is 0 Å². The second-order valence-electron chi connectivity index (χ2n) is 3.71. The standard InChI is InChI=1S/C12H11NO2/c1-8-3-6-11-10(7-8)5-4-9(2)12(11)13(14)15/h3-7H,1-2H3. The van der Waals surface area contributed by atoms with Gasteiger partial charge < -0.3 is 0 Å². The quantitative estimate of drug-likeness (QED) is 0.524. The zero-order valence-electron chi connectivity index (χ0n) is 8.65. The molecule has 3 nitrogen and oxygen atoms in total. The van der Waals surface area contributed by atoms with Crippen LogP contribution in [0.3, 0.4) is 0 Å². The molecule has 0 aliphatic heterocycles. The molecule has 0 aromatic heterocycles. The number of nitro groups is 1. The first-order valence-corrected chi connectivity index (χ1v) is 4.74. The van der Waals surface area contributed by atoms with Gasteiger partial charge in [0.15, 0.2) is 0 Å². The lowest BCUT2D eigenvalue weighted by Crippen LogP contribution is -1.93. The van der Waals surface area contributed by atoms with Gasteiger partial charge in [-0.2, -0.15) is 0 Å². The molecule has 2 aromatic carbocycles. The first-order valence-electron chi connectivity index (χ1n) is 4.74. The molecular weight excluding hydrogens is 190 g/mol. The van der Waals surface area contributed by atoms with Crippen molar-refractivity contribution in [3.63, 3.8) is 0 Å². The highest BCUT2D eigenvalue weighted by Crippen LogP contribution is 2.29. The summed E-state index contributed by atoms with van der Waals surface area (Å²) in [7, 11) is 0. The molecule has 3 heteroatoms. The van der Waals surface area contributed by atoms with Gasteiger partial charge in [-0.25, -0.2) is 0 Å². The van der Waals surface area contributed by atoms with Crippen LogP contribution in [0.4, 0.5) is 5.69 Å². The van der Waals surface area contributed by atoms with Crippen molar-refractivity contribution < 1.29 is 4.92 Å². The minimum Gasteiger partial charge on any atom is -0.258 e. The molecule has 0 fully saturated rings. The Morgan fingerprint density at radius 1 is 1.13 bits per heavy atom. The van der Waals surface area contributed by atoms with Crippen molar-refractivity contribution in [3.05, 3.63) is 51.6 Å². The Bertz CT molecular complexity index is 547. The van der Waals surface area contributed by atoms with Gasteiger partial charge >= 0.3 is 0 Å². The molecule has 2 rings (SSSR count). The van der Waals surface area contributed by atoms with E-state index in [0.717, 1.165) is 10.9 Å². The lowest BCUT2D eigenvalue weighted by atomic mass is 10.0. The molecule has 0 spiro atoms. The fraction of sp³-hybridized carbons (Fsp3) is 0.167. The van der Waals surface area contributed by atoms with Crippen LogP contribution in [0.25, 0.3) is 10.8 Å². The molecule has 2 aromatic rings. The molecule has 0 heterocycles. The highest BCUT2D eigenvalue weighted by molar-refractivity contribution is 5.92. The second kappa shape index (κ2) is 3.35. The van der Waals surface area contributed by atoms with Crippen LogP contribution >= 0.6 is 0 Å². The third-order valence-corrected chi connectivity index (χ3v) is 2.53. The Morgan fingerprint density at radius 2 is 1.87 bits per heavy atom. The van der Waals surface area contributed by atoms with Crippen LogP contribution in [0, 0.1) is 24.0 Å². The molecule has 76 valence electrons. The second-order valence-corrected chi connectivity index (χ2v) is 3.71. The van der Waals surface area contributed by atoms with Gasteiger partial charge in [0.25, 0.3) is 5.69 Å². The van der Waals surface area contributed by atoms with Crippen molar-refractivity contribution in [3.8, 4) is 0 Å². The Hall–Kier alpha value is -1.90. The molecule has 0 aliphatic carbocycles. The summed E-state index contributed by atoms with van der Waals surface area (Å²) in [6, 6.07) is 9.39. The molecule has 0 saturated heterocycles. The highest BCUT2D eigenvalue weighted by atomic mass is 16.6. The maximum absolute atomic E-state index is 10.9. The zero-order chi connectivity index (χ0) is 11.0. The number of benzene rings is 2. The van der Waals surface area contributed by atoms with Gasteiger partial charge in [0.05, 0.1) is 10.3 Å². The van der Waals surface area contributed by atoms with E-state index in [1.807, 2.05) is 31.2 Å². The van der Waals surface area contributed by atoms with Gasteiger partial charge in [-0.15, -0.1) is 0 Å². The third kappa shape index (κ3) is 1.56. The van der Waals surface area contributed by atoms with E-state index < -0.39 is 0 Å². The molecule has 0 atom stereocenters. The summed E-state index contributed by atoms with van der Waals surface area (Å²) in [5.41, 5.74) is 2.03. The normalized spacial score (nSPS) is 10.5. The van der Waals surface area contributed by atoms with Crippen molar-refractivity contribution >= 4 is 16.5 Å². The smallest absolute Gasteiger partial charge is 0.258 e. The van der Waals surface area contributed by atoms with Gasteiger partial charge in [-0.05, 0) is 25.3 Å². The molecule has 0 unspecified atom stereocenters. The minimum absolute atomic E-state index is 0.215. The van der Waals surface area contributed by atoms with Crippen LogP contribution < -0.4 is 0 Å². The number of nitrogens with zero attached hydrogens (tertiary/aromatic N) is 1. The molecule has 0 aliphatic rings. The van der Waals surface area contributed by atoms with Crippen LogP contribution in [-0.2, 0) is 0 Å². The highest BCUT2D eigenvalue weighted by Gasteiger charge is 2.14. The van der Waals surface area contributed by atoms with E-state index in [1.54, 1.807) is 13.0 Å². The molecule has 0 amide bonds. The summed E-state index contributed by atoms with van der Waals surface area (Å²) in [5.74, 6) is 0. The Labute approximate surface area is 87.5 Å². The monoisotopic (exact) mass is 201 g/mol. The van der Waals surface area contributed by atoms with Crippen LogP contribution in [0.15, 0.2) is 30.3 Å². The minimum atomic E-state index is -0.312. The van der Waals surface area contributed by atoms with Gasteiger partial charge in [0.1, 0.15) is 0 Å². The largest absolute Gasteiger partial charge is 0.280 e. The Kier molecular flexibility index (Phi) is 2.15. The predicted octanol–water partition coefficient (Wildman–Crippen LogP) is 3.36. The first-order chi connectivity index (χ1) is 7.09. The number of nitro benzene ring substituents is 1. The topological polar surface area (TPSA) is 43.1 Å². The molecule has 0 radical (unpaired) electrons. The lowest BCUT2D eigenvalue weighted by molar-refractivity contribution is -0.383. The number of fused-ring (bicyclic) bond motifs is 1. The fourth-order valence-electron chi connectivity index (χ4n) is 1.78. The van der Waals surface area contributed by atoms with Gasteiger partial charge in [0, 0.05) is 5.56 Å². The maximum atomic E-state index is 10.9. The fourth-order valence-corrected chi connectivity index (χ4v) is 1.78. The average molecular weight is 201 g/mol.